The van der Waals surface area contributed by atoms with Crippen LogP contribution in [-0.4, -0.2) is 41.3 Å². The van der Waals surface area contributed by atoms with E-state index in [0.29, 0.717) is 6.54 Å². The van der Waals surface area contributed by atoms with Crippen LogP contribution in [0, 0.1) is 0 Å². The normalized spacial score (nSPS) is 11.4. The molecule has 3 aromatic rings. The Balaban J connectivity index is 1.88. The quantitative estimate of drug-likeness (QED) is 0.215. The highest BCUT2D eigenvalue weighted by Crippen LogP contribution is 2.32. The molecule has 0 radical (unpaired) electrons. The number of rotatable bonds is 12. The van der Waals surface area contributed by atoms with Crippen LogP contribution < -0.4 is 0 Å². The van der Waals surface area contributed by atoms with Gasteiger partial charge in [-0.25, -0.2) is 14.6 Å². The van der Waals surface area contributed by atoms with Gasteiger partial charge in [-0.05, 0) is 35.6 Å². The number of unbranched alkanes of at least 4 members (excludes halogenated alkanes) is 1. The summed E-state index contributed by atoms with van der Waals surface area (Å²) in [5, 5.41) is 11.1. The number of carboxylic acid groups (broad SMARTS) is 1. The van der Waals surface area contributed by atoms with Gasteiger partial charge in [0.2, 0.25) is 0 Å². The molecule has 1 N–H and O–H groups in total. The fourth-order valence-electron chi connectivity index (χ4n) is 3.40. The molecule has 2 heterocycles. The molecule has 11 heteroatoms. The van der Waals surface area contributed by atoms with Gasteiger partial charge in [0, 0.05) is 35.4 Å². The summed E-state index contributed by atoms with van der Waals surface area (Å²) < 4.78 is 28.3. The molecule has 3 rings (SSSR count). The lowest BCUT2D eigenvalue weighted by molar-refractivity contribution is -0.205. The lowest BCUT2D eigenvalue weighted by atomic mass is 10.1. The molecule has 0 unspecified atom stereocenters. The average Bonchev–Trinajstić information content (AvgIpc) is 3.42. The van der Waals surface area contributed by atoms with Crippen LogP contribution in [0.4, 0.5) is 0 Å². The van der Waals surface area contributed by atoms with Crippen LogP contribution in [0.15, 0.2) is 54.1 Å². The molecule has 0 spiro atoms. The summed E-state index contributed by atoms with van der Waals surface area (Å²) in [5.41, 5.74) is 2.90. The minimum absolute atomic E-state index is 0.0406. The lowest BCUT2D eigenvalue weighted by Crippen LogP contribution is -2.13. The van der Waals surface area contributed by atoms with E-state index in [1.165, 1.54) is 11.3 Å². The van der Waals surface area contributed by atoms with Crippen molar-refractivity contribution in [3.63, 3.8) is 0 Å². The van der Waals surface area contributed by atoms with Gasteiger partial charge in [0.05, 0.1) is 23.7 Å². The third kappa shape index (κ3) is 7.10. The average molecular weight is 519 g/mol. The highest BCUT2D eigenvalue weighted by atomic mass is 32.2. The fourth-order valence-corrected chi connectivity index (χ4v) is 4.51. The summed E-state index contributed by atoms with van der Waals surface area (Å²) in [6.07, 6.45) is 5.46. The van der Waals surface area contributed by atoms with Crippen molar-refractivity contribution in [3.8, 4) is 11.3 Å². The Bertz CT molecular complexity index is 1320. The van der Waals surface area contributed by atoms with Crippen molar-refractivity contribution >= 4 is 33.4 Å². The molecule has 0 amide bonds. The Labute approximate surface area is 207 Å². The second-order valence-electron chi connectivity index (χ2n) is 7.93. The number of nitrogens with zero attached hydrogens (tertiary/aromatic N) is 2. The van der Waals surface area contributed by atoms with Gasteiger partial charge in [-0.3, -0.25) is 4.89 Å². The summed E-state index contributed by atoms with van der Waals surface area (Å²) in [7, 11) is -3.94. The molecule has 35 heavy (non-hydrogen) atoms. The molecule has 0 aliphatic heterocycles. The van der Waals surface area contributed by atoms with Crippen LogP contribution in [0.5, 0.6) is 0 Å². The first-order valence-corrected chi connectivity index (χ1v) is 13.5. The summed E-state index contributed by atoms with van der Waals surface area (Å²) >= 11 is 1.43. The SMILES string of the molecule is C=C(Cc1sccc1-c1cnc(CCCC)n1Cc1ccc(C(=O)O)cc1)C(=O)OOS(C)(=O)=O. The number of thiophene rings is 1. The second kappa shape index (κ2) is 11.4. The van der Waals surface area contributed by atoms with Gasteiger partial charge in [-0.2, -0.15) is 8.42 Å². The van der Waals surface area contributed by atoms with Crippen molar-refractivity contribution in [2.45, 2.75) is 39.2 Å². The molecule has 0 saturated carbocycles. The van der Waals surface area contributed by atoms with Crippen LogP contribution in [0.3, 0.4) is 0 Å². The molecule has 2 aromatic heterocycles. The summed E-state index contributed by atoms with van der Waals surface area (Å²) in [4.78, 5) is 33.1. The summed E-state index contributed by atoms with van der Waals surface area (Å²) in [5.74, 6) is -1.04. The summed E-state index contributed by atoms with van der Waals surface area (Å²) in [6, 6.07) is 8.64. The number of carboxylic acids is 1. The number of hydrogen-bond acceptors (Lipinski definition) is 8. The number of benzene rings is 1. The zero-order valence-corrected chi connectivity index (χ0v) is 21.0. The zero-order chi connectivity index (χ0) is 25.6. The zero-order valence-electron chi connectivity index (χ0n) is 19.4. The van der Waals surface area contributed by atoms with Crippen molar-refractivity contribution in [1.29, 1.82) is 0 Å². The van der Waals surface area contributed by atoms with Crippen molar-refractivity contribution in [2.75, 3.05) is 6.26 Å². The largest absolute Gasteiger partial charge is 0.478 e. The van der Waals surface area contributed by atoms with Gasteiger partial charge in [0.1, 0.15) is 5.82 Å². The second-order valence-corrected chi connectivity index (χ2v) is 10.5. The van der Waals surface area contributed by atoms with E-state index in [1.807, 2.05) is 11.4 Å². The van der Waals surface area contributed by atoms with Gasteiger partial charge in [-0.1, -0.05) is 36.4 Å². The molecule has 0 aliphatic carbocycles. The standard InChI is InChI=1S/C24H26N2O7S2/c1-4-5-6-22-25-14-20(26(22)15-17-7-9-18(10-8-17)23(27)28)19-11-12-34-21(19)13-16(2)24(29)32-33-35(3,30)31/h7-12,14H,2,4-6,13,15H2,1,3H3,(H,27,28). The highest BCUT2D eigenvalue weighted by Gasteiger charge is 2.20. The predicted molar refractivity (Wildman–Crippen MR) is 132 cm³/mol. The van der Waals surface area contributed by atoms with Crippen molar-refractivity contribution in [3.05, 3.63) is 75.9 Å². The fraction of sp³-hybridized carbons (Fsp3) is 0.292. The Morgan fingerprint density at radius 3 is 2.54 bits per heavy atom. The van der Waals surface area contributed by atoms with Crippen molar-refractivity contribution < 1.29 is 32.3 Å². The first-order chi connectivity index (χ1) is 16.6. The number of aromatic nitrogens is 2. The molecular formula is C24H26N2O7S2. The summed E-state index contributed by atoms with van der Waals surface area (Å²) in [6.45, 7) is 6.31. The predicted octanol–water partition coefficient (Wildman–Crippen LogP) is 4.23. The Morgan fingerprint density at radius 1 is 1.20 bits per heavy atom. The number of carbonyl (C=O) groups excluding carboxylic acids is 1. The van der Waals surface area contributed by atoms with Crippen LogP contribution in [0.25, 0.3) is 11.3 Å². The molecule has 186 valence electrons. The third-order valence-electron chi connectivity index (χ3n) is 5.15. The number of aromatic carboxylic acids is 1. The van der Waals surface area contributed by atoms with Crippen LogP contribution in [0.1, 0.15) is 46.4 Å². The highest BCUT2D eigenvalue weighted by molar-refractivity contribution is 7.85. The molecule has 0 aliphatic rings. The van der Waals surface area contributed by atoms with Crippen LogP contribution in [-0.2, 0) is 43.5 Å². The topological polar surface area (TPSA) is 125 Å². The van der Waals surface area contributed by atoms with Crippen LogP contribution >= 0.6 is 11.3 Å². The first kappa shape index (κ1) is 26.3. The van der Waals surface area contributed by atoms with E-state index in [0.717, 1.165) is 53.0 Å². The number of carbonyl (C=O) groups is 2. The van der Waals surface area contributed by atoms with Gasteiger partial charge in [-0.15, -0.1) is 11.3 Å². The number of hydrogen-bond donors (Lipinski definition) is 1. The van der Waals surface area contributed by atoms with E-state index >= 15 is 0 Å². The van der Waals surface area contributed by atoms with E-state index in [9.17, 15) is 18.0 Å². The molecule has 1 aromatic carbocycles. The lowest BCUT2D eigenvalue weighted by Gasteiger charge is -2.13. The maximum absolute atomic E-state index is 12.1. The maximum atomic E-state index is 12.1. The van der Waals surface area contributed by atoms with E-state index < -0.39 is 22.1 Å². The molecule has 0 atom stereocenters. The molecule has 0 saturated heterocycles. The smallest absolute Gasteiger partial charge is 0.370 e. The van der Waals surface area contributed by atoms with E-state index in [2.05, 4.69) is 32.3 Å². The van der Waals surface area contributed by atoms with Crippen molar-refractivity contribution in [2.24, 2.45) is 0 Å². The Morgan fingerprint density at radius 2 is 1.91 bits per heavy atom. The maximum Gasteiger partial charge on any atom is 0.370 e. The third-order valence-corrected chi connectivity index (χ3v) is 6.39. The Hall–Kier alpha value is -3.28. The minimum atomic E-state index is -3.94. The van der Waals surface area contributed by atoms with Gasteiger partial charge >= 0.3 is 11.9 Å². The van der Waals surface area contributed by atoms with Gasteiger partial charge in [0.25, 0.3) is 10.1 Å². The van der Waals surface area contributed by atoms with Gasteiger partial charge < -0.3 is 9.67 Å². The van der Waals surface area contributed by atoms with Crippen LogP contribution in [0.2, 0.25) is 0 Å². The van der Waals surface area contributed by atoms with Crippen molar-refractivity contribution in [1.82, 2.24) is 9.55 Å². The molecule has 0 fully saturated rings. The first-order valence-electron chi connectivity index (χ1n) is 10.8. The van der Waals surface area contributed by atoms with E-state index in [-0.39, 0.29) is 17.6 Å². The van der Waals surface area contributed by atoms with E-state index in [4.69, 9.17) is 5.11 Å². The number of imidazole rings is 1. The van der Waals surface area contributed by atoms with Gasteiger partial charge in [0.15, 0.2) is 0 Å². The number of aryl methyl sites for hydroxylation is 1. The monoisotopic (exact) mass is 518 g/mol. The van der Waals surface area contributed by atoms with E-state index in [1.54, 1.807) is 30.5 Å². The molecule has 0 bridgehead atoms. The minimum Gasteiger partial charge on any atom is -0.478 e. The Kier molecular flexibility index (Phi) is 8.60. The molecular weight excluding hydrogens is 492 g/mol. The molecule has 9 nitrogen and oxygen atoms in total.